The molecule has 1 saturated carbocycles. The highest BCUT2D eigenvalue weighted by Gasteiger charge is 2.55. The molecule has 3 atom stereocenters. The predicted molar refractivity (Wildman–Crippen MR) is 105 cm³/mol. The first-order chi connectivity index (χ1) is 16.2. The molecule has 0 aromatic heterocycles. The van der Waals surface area contributed by atoms with E-state index in [2.05, 4.69) is 15.4 Å². The van der Waals surface area contributed by atoms with Crippen molar-refractivity contribution in [3.63, 3.8) is 0 Å². The molecular weight excluding hydrogens is 490 g/mol. The van der Waals surface area contributed by atoms with E-state index >= 15 is 0 Å². The summed E-state index contributed by atoms with van der Waals surface area (Å²) < 4.78 is 78.0. The number of ether oxygens (including phenoxy) is 1. The van der Waals surface area contributed by atoms with E-state index in [1.165, 1.54) is 0 Å². The summed E-state index contributed by atoms with van der Waals surface area (Å²) in [5.74, 6) is -3.77. The SMILES string of the molecule is O=C(COC(F)(F)F)C(C[C@@H]1CCNC1=O)NC(=O)[C@@H]1CC2(CC2)CN1C(=O)CNCC(F)(F)F. The standard InChI is InChI=1S/C20H26F6N4O5/c21-19(22,23)9-27-7-15(32)30-10-18(2-3-18)6-13(30)17(34)29-12(5-11-1-4-28-16(11)33)14(31)8-35-20(24,25)26/h11-13,27H,1-10H2,(H,28,33)(H,29,34)/t11-,12?,13-/m0/s1. The van der Waals surface area contributed by atoms with Crippen LogP contribution < -0.4 is 16.0 Å². The second-order valence-electron chi connectivity index (χ2n) is 9.23. The maximum absolute atomic E-state index is 13.1. The van der Waals surface area contributed by atoms with E-state index in [9.17, 15) is 45.5 Å². The monoisotopic (exact) mass is 516 g/mol. The third-order valence-electron chi connectivity index (χ3n) is 6.46. The molecule has 2 saturated heterocycles. The van der Waals surface area contributed by atoms with Crippen molar-refractivity contribution < 1.29 is 50.3 Å². The van der Waals surface area contributed by atoms with Gasteiger partial charge in [0.1, 0.15) is 12.6 Å². The van der Waals surface area contributed by atoms with Gasteiger partial charge in [0.2, 0.25) is 17.7 Å². The van der Waals surface area contributed by atoms with Crippen molar-refractivity contribution in [2.75, 3.05) is 32.8 Å². The number of carbonyl (C=O) groups excluding carboxylic acids is 4. The smallest absolute Gasteiger partial charge is 0.356 e. The highest BCUT2D eigenvalue weighted by molar-refractivity contribution is 5.94. The van der Waals surface area contributed by atoms with E-state index in [0.29, 0.717) is 25.8 Å². The summed E-state index contributed by atoms with van der Waals surface area (Å²) in [6.45, 7) is -2.97. The number of ketones is 1. The number of Topliss-reactive ketones (excluding diaryl/α,β-unsaturated/α-hetero) is 1. The number of halogens is 6. The molecule has 198 valence electrons. The Labute approximate surface area is 196 Å². The lowest BCUT2D eigenvalue weighted by atomic mass is 9.95. The topological polar surface area (TPSA) is 117 Å². The van der Waals surface area contributed by atoms with Crippen molar-refractivity contribution in [2.24, 2.45) is 11.3 Å². The van der Waals surface area contributed by atoms with Gasteiger partial charge < -0.3 is 20.9 Å². The fourth-order valence-electron chi connectivity index (χ4n) is 4.45. The van der Waals surface area contributed by atoms with Crippen molar-refractivity contribution >= 4 is 23.5 Å². The predicted octanol–water partition coefficient (Wildman–Crippen LogP) is 0.636. The molecule has 9 nitrogen and oxygen atoms in total. The highest BCUT2D eigenvalue weighted by atomic mass is 19.4. The minimum Gasteiger partial charge on any atom is -0.356 e. The Balaban J connectivity index is 1.67. The first kappa shape index (κ1) is 27.2. The van der Waals surface area contributed by atoms with Crippen LogP contribution >= 0.6 is 0 Å². The average molecular weight is 516 g/mol. The van der Waals surface area contributed by atoms with Crippen LogP contribution in [-0.2, 0) is 23.9 Å². The average Bonchev–Trinajstić information content (AvgIpc) is 3.19. The minimum absolute atomic E-state index is 0.151. The van der Waals surface area contributed by atoms with E-state index in [1.807, 2.05) is 5.32 Å². The van der Waals surface area contributed by atoms with E-state index in [4.69, 9.17) is 0 Å². The molecule has 1 aliphatic carbocycles. The molecule has 0 bridgehead atoms. The lowest BCUT2D eigenvalue weighted by Crippen LogP contribution is -2.53. The zero-order valence-corrected chi connectivity index (χ0v) is 18.6. The molecule has 3 fully saturated rings. The van der Waals surface area contributed by atoms with Gasteiger partial charge in [-0.05, 0) is 37.5 Å². The van der Waals surface area contributed by atoms with Crippen molar-refractivity contribution in [3.05, 3.63) is 0 Å². The first-order valence-corrected chi connectivity index (χ1v) is 11.1. The number of likely N-dealkylation sites (tertiary alicyclic amines) is 1. The van der Waals surface area contributed by atoms with Gasteiger partial charge in [-0.15, -0.1) is 13.2 Å². The van der Waals surface area contributed by atoms with Gasteiger partial charge >= 0.3 is 12.5 Å². The zero-order chi connectivity index (χ0) is 26.0. The molecule has 3 amide bonds. The maximum Gasteiger partial charge on any atom is 0.522 e. The van der Waals surface area contributed by atoms with Crippen LogP contribution in [0.25, 0.3) is 0 Å². The van der Waals surface area contributed by atoms with Crippen LogP contribution in [0, 0.1) is 11.3 Å². The summed E-state index contributed by atoms with van der Waals surface area (Å²) in [6.07, 6.45) is -7.91. The van der Waals surface area contributed by atoms with E-state index in [1.54, 1.807) is 0 Å². The third kappa shape index (κ3) is 7.78. The molecule has 0 aromatic carbocycles. The number of carbonyl (C=O) groups is 4. The number of alkyl halides is 6. The van der Waals surface area contributed by atoms with Gasteiger partial charge in [-0.3, -0.25) is 23.9 Å². The maximum atomic E-state index is 13.1. The molecule has 1 unspecified atom stereocenters. The van der Waals surface area contributed by atoms with E-state index in [0.717, 1.165) is 4.90 Å². The fraction of sp³-hybridized carbons (Fsp3) is 0.800. The number of nitrogens with one attached hydrogen (secondary N) is 3. The second-order valence-corrected chi connectivity index (χ2v) is 9.23. The van der Waals surface area contributed by atoms with Crippen molar-refractivity contribution in [1.82, 2.24) is 20.9 Å². The van der Waals surface area contributed by atoms with Crippen LogP contribution in [0.3, 0.4) is 0 Å². The molecule has 3 aliphatic rings. The third-order valence-corrected chi connectivity index (χ3v) is 6.46. The van der Waals surface area contributed by atoms with Crippen LogP contribution in [0.4, 0.5) is 26.3 Å². The van der Waals surface area contributed by atoms with Gasteiger partial charge in [-0.25, -0.2) is 0 Å². The molecule has 35 heavy (non-hydrogen) atoms. The number of rotatable bonds is 10. The van der Waals surface area contributed by atoms with Crippen molar-refractivity contribution in [2.45, 2.75) is 56.7 Å². The summed E-state index contributed by atoms with van der Waals surface area (Å²) in [5.41, 5.74) is -0.341. The Hall–Kier alpha value is -2.42. The van der Waals surface area contributed by atoms with Gasteiger partial charge in [0.25, 0.3) is 0 Å². The molecule has 0 aromatic rings. The Bertz CT molecular complexity index is 845. The highest BCUT2D eigenvalue weighted by Crippen LogP contribution is 2.54. The fourth-order valence-corrected chi connectivity index (χ4v) is 4.45. The minimum atomic E-state index is -5.08. The number of amides is 3. The van der Waals surface area contributed by atoms with Crippen molar-refractivity contribution in [1.29, 1.82) is 0 Å². The van der Waals surface area contributed by atoms with Gasteiger partial charge in [0, 0.05) is 19.0 Å². The Morgan fingerprint density at radius 3 is 2.40 bits per heavy atom. The van der Waals surface area contributed by atoms with Crippen LogP contribution in [0.15, 0.2) is 0 Å². The molecule has 15 heteroatoms. The molecular formula is C20H26F6N4O5. The largest absolute Gasteiger partial charge is 0.522 e. The normalized spacial score (nSPS) is 24.4. The Morgan fingerprint density at radius 2 is 1.86 bits per heavy atom. The quantitative estimate of drug-likeness (QED) is 0.367. The summed E-state index contributed by atoms with van der Waals surface area (Å²) in [4.78, 5) is 51.1. The summed E-state index contributed by atoms with van der Waals surface area (Å²) >= 11 is 0. The van der Waals surface area contributed by atoms with Crippen LogP contribution in [0.1, 0.15) is 32.1 Å². The number of nitrogens with zero attached hydrogens (tertiary/aromatic N) is 1. The summed E-state index contributed by atoms with van der Waals surface area (Å²) in [5, 5.41) is 6.88. The number of hydrogen-bond acceptors (Lipinski definition) is 6. The first-order valence-electron chi connectivity index (χ1n) is 11.1. The molecule has 3 rings (SSSR count). The Kier molecular flexibility index (Phi) is 7.99. The number of hydrogen-bond donors (Lipinski definition) is 3. The van der Waals surface area contributed by atoms with Gasteiger partial charge in [0.15, 0.2) is 5.78 Å². The van der Waals surface area contributed by atoms with Crippen LogP contribution in [-0.4, -0.2) is 85.8 Å². The van der Waals surface area contributed by atoms with Crippen molar-refractivity contribution in [3.8, 4) is 0 Å². The van der Waals surface area contributed by atoms with Crippen LogP contribution in [0.5, 0.6) is 0 Å². The van der Waals surface area contributed by atoms with Gasteiger partial charge in [-0.2, -0.15) is 13.2 Å². The lowest BCUT2D eigenvalue weighted by Gasteiger charge is -2.27. The molecule has 3 N–H and O–H groups in total. The lowest BCUT2D eigenvalue weighted by molar-refractivity contribution is -0.321. The Morgan fingerprint density at radius 1 is 1.17 bits per heavy atom. The molecule has 1 spiro atoms. The van der Waals surface area contributed by atoms with E-state index < -0.39 is 73.7 Å². The summed E-state index contributed by atoms with van der Waals surface area (Å²) in [6, 6.07) is -2.58. The van der Waals surface area contributed by atoms with Gasteiger partial charge in [-0.1, -0.05) is 0 Å². The zero-order valence-electron chi connectivity index (χ0n) is 18.6. The molecule has 2 heterocycles. The molecule has 2 aliphatic heterocycles. The van der Waals surface area contributed by atoms with E-state index in [-0.39, 0.29) is 24.8 Å². The van der Waals surface area contributed by atoms with Crippen LogP contribution in [0.2, 0.25) is 0 Å². The second kappa shape index (κ2) is 10.3. The van der Waals surface area contributed by atoms with Gasteiger partial charge in [0.05, 0.1) is 19.1 Å². The summed E-state index contributed by atoms with van der Waals surface area (Å²) in [7, 11) is 0. The molecule has 0 radical (unpaired) electrons.